The number of fused-ring (bicyclic) bond motifs is 1. The van der Waals surface area contributed by atoms with Crippen LogP contribution in [-0.2, 0) is 6.42 Å². The largest absolute Gasteiger partial charge is 0.493 e. The molecule has 2 N–H and O–H groups in total. The van der Waals surface area contributed by atoms with E-state index in [-0.39, 0.29) is 11.5 Å². The molecule has 3 nitrogen and oxygen atoms in total. The number of nitrogens with one attached hydrogen (secondary N) is 1. The van der Waals surface area contributed by atoms with Gasteiger partial charge < -0.3 is 15.2 Å². The average Bonchev–Trinajstić information content (AvgIpc) is 2.85. The Balaban J connectivity index is 1.69. The highest BCUT2D eigenvalue weighted by Gasteiger charge is 2.47. The Labute approximate surface area is 115 Å². The molecule has 104 valence electrons. The third-order valence-corrected chi connectivity index (χ3v) is 4.88. The molecule has 3 heteroatoms. The summed E-state index contributed by atoms with van der Waals surface area (Å²) in [5.74, 6) is 1.04. The van der Waals surface area contributed by atoms with Crippen LogP contribution in [0.5, 0.6) is 5.75 Å². The molecule has 0 radical (unpaired) electrons. The monoisotopic (exact) mass is 261 g/mol. The number of aliphatic hydroxyl groups is 1. The van der Waals surface area contributed by atoms with Crippen molar-refractivity contribution in [2.45, 2.75) is 51.8 Å². The van der Waals surface area contributed by atoms with Gasteiger partial charge in [-0.15, -0.1) is 0 Å². The number of rotatable bonds is 3. The molecule has 3 unspecified atom stereocenters. The number of hydrogen-bond acceptors (Lipinski definition) is 3. The van der Waals surface area contributed by atoms with Crippen LogP contribution in [0.15, 0.2) is 18.2 Å². The summed E-state index contributed by atoms with van der Waals surface area (Å²) in [4.78, 5) is 0. The van der Waals surface area contributed by atoms with Gasteiger partial charge in [0.25, 0.3) is 0 Å². The maximum absolute atomic E-state index is 9.80. The van der Waals surface area contributed by atoms with Crippen molar-refractivity contribution in [3.8, 4) is 5.75 Å². The van der Waals surface area contributed by atoms with E-state index in [1.807, 2.05) is 0 Å². The standard InChI is InChI=1S/C16H23NO2/c1-10(17-14-9-15(18)16(14,2)3)11-4-5-13-12(8-11)6-7-19-13/h4-5,8,10,14-15,17-18H,6-7,9H2,1-3H3. The minimum atomic E-state index is -0.175. The van der Waals surface area contributed by atoms with Crippen LogP contribution in [0.25, 0.3) is 0 Å². The third-order valence-electron chi connectivity index (χ3n) is 4.88. The highest BCUT2D eigenvalue weighted by molar-refractivity contribution is 5.40. The normalized spacial score (nSPS) is 29.3. The Hall–Kier alpha value is -1.06. The molecule has 1 saturated carbocycles. The fraction of sp³-hybridized carbons (Fsp3) is 0.625. The maximum Gasteiger partial charge on any atom is 0.122 e. The lowest BCUT2D eigenvalue weighted by atomic mass is 9.64. The van der Waals surface area contributed by atoms with E-state index >= 15 is 0 Å². The molecule has 3 rings (SSSR count). The minimum absolute atomic E-state index is 0.0197. The summed E-state index contributed by atoms with van der Waals surface area (Å²) < 4.78 is 5.54. The molecule has 0 spiro atoms. The van der Waals surface area contributed by atoms with Gasteiger partial charge in [-0.05, 0) is 30.5 Å². The van der Waals surface area contributed by atoms with Gasteiger partial charge in [-0.3, -0.25) is 0 Å². The summed E-state index contributed by atoms with van der Waals surface area (Å²) >= 11 is 0. The number of benzene rings is 1. The zero-order valence-corrected chi connectivity index (χ0v) is 11.9. The Morgan fingerprint density at radius 1 is 1.42 bits per heavy atom. The Morgan fingerprint density at radius 2 is 2.21 bits per heavy atom. The molecule has 0 saturated heterocycles. The van der Waals surface area contributed by atoms with Gasteiger partial charge in [-0.25, -0.2) is 0 Å². The van der Waals surface area contributed by atoms with Crippen molar-refractivity contribution in [2.75, 3.05) is 6.61 Å². The van der Waals surface area contributed by atoms with Crippen LogP contribution in [0.3, 0.4) is 0 Å². The van der Waals surface area contributed by atoms with Gasteiger partial charge in [0.15, 0.2) is 0 Å². The van der Waals surface area contributed by atoms with Crippen LogP contribution in [0.1, 0.15) is 44.4 Å². The summed E-state index contributed by atoms with van der Waals surface area (Å²) in [5.41, 5.74) is 2.61. The molecule has 19 heavy (non-hydrogen) atoms. The Bertz CT molecular complexity index is 484. The summed E-state index contributed by atoms with van der Waals surface area (Å²) in [7, 11) is 0. The van der Waals surface area contributed by atoms with Crippen LogP contribution in [-0.4, -0.2) is 23.9 Å². The van der Waals surface area contributed by atoms with Crippen LogP contribution < -0.4 is 10.1 Å². The van der Waals surface area contributed by atoms with E-state index in [9.17, 15) is 5.11 Å². The molecule has 2 aliphatic rings. The molecule has 1 aliphatic carbocycles. The van der Waals surface area contributed by atoms with Crippen molar-refractivity contribution in [2.24, 2.45) is 5.41 Å². The number of ether oxygens (including phenoxy) is 1. The summed E-state index contributed by atoms with van der Waals surface area (Å²) in [6.07, 6.45) is 1.69. The van der Waals surface area contributed by atoms with E-state index in [0.29, 0.717) is 12.1 Å². The van der Waals surface area contributed by atoms with E-state index in [1.165, 1.54) is 11.1 Å². The molecule has 1 heterocycles. The van der Waals surface area contributed by atoms with Gasteiger partial charge in [0, 0.05) is 23.9 Å². The van der Waals surface area contributed by atoms with Crippen molar-refractivity contribution in [3.63, 3.8) is 0 Å². The highest BCUT2D eigenvalue weighted by Crippen LogP contribution is 2.41. The van der Waals surface area contributed by atoms with Gasteiger partial charge in [0.2, 0.25) is 0 Å². The van der Waals surface area contributed by atoms with Gasteiger partial charge in [-0.2, -0.15) is 0 Å². The van der Waals surface area contributed by atoms with E-state index < -0.39 is 0 Å². The summed E-state index contributed by atoms with van der Waals surface area (Å²) in [6, 6.07) is 7.17. The molecular weight excluding hydrogens is 238 g/mol. The lowest BCUT2D eigenvalue weighted by molar-refractivity contribution is -0.0754. The first-order valence-electron chi connectivity index (χ1n) is 7.18. The third kappa shape index (κ3) is 2.15. The first kappa shape index (κ1) is 12.9. The molecule has 0 amide bonds. The van der Waals surface area contributed by atoms with Gasteiger partial charge in [-0.1, -0.05) is 26.0 Å². The van der Waals surface area contributed by atoms with E-state index in [1.54, 1.807) is 0 Å². The van der Waals surface area contributed by atoms with Crippen molar-refractivity contribution >= 4 is 0 Å². The topological polar surface area (TPSA) is 41.5 Å². The number of aliphatic hydroxyl groups excluding tert-OH is 1. The predicted molar refractivity (Wildman–Crippen MR) is 75.4 cm³/mol. The molecule has 1 aromatic carbocycles. The van der Waals surface area contributed by atoms with E-state index in [2.05, 4.69) is 44.3 Å². The molecule has 1 aromatic rings. The maximum atomic E-state index is 9.80. The van der Waals surface area contributed by atoms with Crippen LogP contribution in [0.2, 0.25) is 0 Å². The molecule has 1 aliphatic heterocycles. The SMILES string of the molecule is CC(NC1CC(O)C1(C)C)c1ccc2c(c1)CCO2. The molecule has 1 fully saturated rings. The van der Waals surface area contributed by atoms with Crippen LogP contribution in [0.4, 0.5) is 0 Å². The predicted octanol–water partition coefficient (Wildman–Crippen LogP) is 2.43. The van der Waals surface area contributed by atoms with Crippen molar-refractivity contribution < 1.29 is 9.84 Å². The molecular formula is C16H23NO2. The lowest BCUT2D eigenvalue weighted by Gasteiger charge is -2.50. The smallest absolute Gasteiger partial charge is 0.122 e. The molecule has 0 bridgehead atoms. The van der Waals surface area contributed by atoms with Crippen LogP contribution >= 0.6 is 0 Å². The first-order valence-corrected chi connectivity index (χ1v) is 7.18. The van der Waals surface area contributed by atoms with E-state index in [4.69, 9.17) is 4.74 Å². The molecule has 0 aromatic heterocycles. The average molecular weight is 261 g/mol. The zero-order valence-electron chi connectivity index (χ0n) is 11.9. The zero-order chi connectivity index (χ0) is 13.6. The lowest BCUT2D eigenvalue weighted by Crippen LogP contribution is -2.60. The van der Waals surface area contributed by atoms with Crippen LogP contribution in [0, 0.1) is 5.41 Å². The van der Waals surface area contributed by atoms with Crippen molar-refractivity contribution in [1.82, 2.24) is 5.32 Å². The van der Waals surface area contributed by atoms with Gasteiger partial charge >= 0.3 is 0 Å². The molecule has 3 atom stereocenters. The quantitative estimate of drug-likeness (QED) is 0.878. The fourth-order valence-corrected chi connectivity index (χ4v) is 3.06. The summed E-state index contributed by atoms with van der Waals surface area (Å²) in [6.45, 7) is 7.25. The van der Waals surface area contributed by atoms with Gasteiger partial charge in [0.1, 0.15) is 5.75 Å². The first-order chi connectivity index (χ1) is 8.98. The van der Waals surface area contributed by atoms with Gasteiger partial charge in [0.05, 0.1) is 12.7 Å². The highest BCUT2D eigenvalue weighted by atomic mass is 16.5. The number of hydrogen-bond donors (Lipinski definition) is 2. The summed E-state index contributed by atoms with van der Waals surface area (Å²) in [5, 5.41) is 13.4. The second-order valence-corrected chi connectivity index (χ2v) is 6.48. The fourth-order valence-electron chi connectivity index (χ4n) is 3.06. The minimum Gasteiger partial charge on any atom is -0.493 e. The second kappa shape index (κ2) is 4.50. The Kier molecular flexibility index (Phi) is 3.06. The second-order valence-electron chi connectivity index (χ2n) is 6.48. The van der Waals surface area contributed by atoms with Crippen molar-refractivity contribution in [3.05, 3.63) is 29.3 Å². The Morgan fingerprint density at radius 3 is 2.89 bits per heavy atom. The van der Waals surface area contributed by atoms with Crippen molar-refractivity contribution in [1.29, 1.82) is 0 Å². The van der Waals surface area contributed by atoms with E-state index in [0.717, 1.165) is 25.2 Å².